The molecule has 0 bridgehead atoms. The van der Waals surface area contributed by atoms with Gasteiger partial charge in [-0.15, -0.1) is 0 Å². The average Bonchev–Trinajstić information content (AvgIpc) is 3.07. The van der Waals surface area contributed by atoms with Gasteiger partial charge < -0.3 is 9.64 Å². The first kappa shape index (κ1) is 16.5. The van der Waals surface area contributed by atoms with E-state index in [0.29, 0.717) is 23.4 Å². The van der Waals surface area contributed by atoms with Crippen LogP contribution in [0.1, 0.15) is 18.4 Å². The number of methoxy groups -OCH3 is 1. The number of benzene rings is 2. The first-order chi connectivity index (χ1) is 12.6. The molecular weight excluding hydrogens is 331 g/mol. The molecule has 0 spiro atoms. The van der Waals surface area contributed by atoms with E-state index in [1.54, 1.807) is 12.1 Å². The molecule has 0 unspecified atom stereocenters. The molecule has 1 aliphatic heterocycles. The Bertz CT molecular complexity index is 1020. The van der Waals surface area contributed by atoms with Crippen molar-refractivity contribution in [2.45, 2.75) is 19.8 Å². The zero-order valence-corrected chi connectivity index (χ0v) is 14.8. The Morgan fingerprint density at radius 3 is 2.77 bits per heavy atom. The summed E-state index contributed by atoms with van der Waals surface area (Å²) < 4.78 is 19.7. The highest BCUT2D eigenvalue weighted by atomic mass is 19.1. The number of carbonyl (C=O) groups excluding carboxylic acids is 1. The second kappa shape index (κ2) is 6.41. The molecule has 0 radical (unpaired) electrons. The molecule has 0 saturated carbocycles. The molecule has 26 heavy (non-hydrogen) atoms. The Balaban J connectivity index is 1.85. The number of amides is 1. The van der Waals surface area contributed by atoms with Gasteiger partial charge in [-0.2, -0.15) is 0 Å². The standard InChI is InChI=1S/C21H19FN2O2/c1-13-11-18(21-16(22)5-3-6-19(21)26-2)23-17-9-8-14(12-15(13)17)24-10-4-7-20(24)25/h3,5-6,8-9,11-12H,4,7,10H2,1-2H3. The van der Waals surface area contributed by atoms with E-state index in [2.05, 4.69) is 4.98 Å². The van der Waals surface area contributed by atoms with E-state index >= 15 is 0 Å². The van der Waals surface area contributed by atoms with E-state index < -0.39 is 0 Å². The molecule has 1 amide bonds. The van der Waals surface area contributed by atoms with Crippen molar-refractivity contribution in [2.24, 2.45) is 0 Å². The second-order valence-electron chi connectivity index (χ2n) is 6.49. The zero-order valence-electron chi connectivity index (χ0n) is 14.8. The average molecular weight is 350 g/mol. The van der Waals surface area contributed by atoms with Gasteiger partial charge in [-0.1, -0.05) is 6.07 Å². The minimum absolute atomic E-state index is 0.155. The molecule has 2 heterocycles. The number of anilines is 1. The van der Waals surface area contributed by atoms with Gasteiger partial charge in [-0.3, -0.25) is 4.79 Å². The number of carbonyl (C=O) groups is 1. The Morgan fingerprint density at radius 2 is 2.04 bits per heavy atom. The predicted molar refractivity (Wildman–Crippen MR) is 100 cm³/mol. The van der Waals surface area contributed by atoms with Gasteiger partial charge in [0.25, 0.3) is 0 Å². The van der Waals surface area contributed by atoms with Crippen LogP contribution in [0.3, 0.4) is 0 Å². The summed E-state index contributed by atoms with van der Waals surface area (Å²) in [6.45, 7) is 2.72. The van der Waals surface area contributed by atoms with Crippen LogP contribution >= 0.6 is 0 Å². The molecule has 0 atom stereocenters. The van der Waals surface area contributed by atoms with Crippen LogP contribution in [0.4, 0.5) is 10.1 Å². The van der Waals surface area contributed by atoms with Crippen molar-refractivity contribution in [1.29, 1.82) is 0 Å². The van der Waals surface area contributed by atoms with Gasteiger partial charge in [0.05, 0.1) is 23.9 Å². The number of nitrogens with zero attached hydrogens (tertiary/aromatic N) is 2. The number of aryl methyl sites for hydroxylation is 1. The number of rotatable bonds is 3. The van der Waals surface area contributed by atoms with Gasteiger partial charge in [-0.05, 0) is 55.3 Å². The van der Waals surface area contributed by atoms with Gasteiger partial charge in [0, 0.05) is 24.0 Å². The molecule has 3 aromatic rings. The summed E-state index contributed by atoms with van der Waals surface area (Å²) in [5, 5.41) is 0.959. The largest absolute Gasteiger partial charge is 0.496 e. The van der Waals surface area contributed by atoms with E-state index in [-0.39, 0.29) is 11.7 Å². The second-order valence-corrected chi connectivity index (χ2v) is 6.49. The lowest BCUT2D eigenvalue weighted by molar-refractivity contribution is -0.117. The summed E-state index contributed by atoms with van der Waals surface area (Å²) in [5.74, 6) is 0.244. The maximum atomic E-state index is 14.4. The van der Waals surface area contributed by atoms with Crippen LogP contribution in [-0.2, 0) is 4.79 Å². The topological polar surface area (TPSA) is 42.4 Å². The van der Waals surface area contributed by atoms with Crippen molar-refractivity contribution in [3.8, 4) is 17.0 Å². The molecule has 1 fully saturated rings. The van der Waals surface area contributed by atoms with Gasteiger partial charge in [-0.25, -0.2) is 9.37 Å². The first-order valence-corrected chi connectivity index (χ1v) is 8.63. The lowest BCUT2D eigenvalue weighted by Gasteiger charge is -2.17. The van der Waals surface area contributed by atoms with Crippen LogP contribution in [0.2, 0.25) is 0 Å². The number of fused-ring (bicyclic) bond motifs is 1. The van der Waals surface area contributed by atoms with Crippen LogP contribution in [0.15, 0.2) is 42.5 Å². The molecule has 4 nitrogen and oxygen atoms in total. The van der Waals surface area contributed by atoms with Gasteiger partial charge in [0.1, 0.15) is 11.6 Å². The maximum Gasteiger partial charge on any atom is 0.227 e. The van der Waals surface area contributed by atoms with Crippen LogP contribution in [0.25, 0.3) is 22.2 Å². The lowest BCUT2D eigenvalue weighted by atomic mass is 10.0. The first-order valence-electron chi connectivity index (χ1n) is 8.63. The highest BCUT2D eigenvalue weighted by Crippen LogP contribution is 2.34. The quantitative estimate of drug-likeness (QED) is 0.699. The van der Waals surface area contributed by atoms with Gasteiger partial charge >= 0.3 is 0 Å². The molecule has 5 heteroatoms. The van der Waals surface area contributed by atoms with Crippen molar-refractivity contribution in [3.05, 3.63) is 53.8 Å². The number of pyridine rings is 1. The summed E-state index contributed by atoms with van der Waals surface area (Å²) in [6, 6.07) is 12.4. The molecule has 4 rings (SSSR count). The maximum absolute atomic E-state index is 14.4. The minimum atomic E-state index is -0.366. The zero-order chi connectivity index (χ0) is 18.3. The van der Waals surface area contributed by atoms with Crippen molar-refractivity contribution in [2.75, 3.05) is 18.6 Å². The molecule has 132 valence electrons. The summed E-state index contributed by atoms with van der Waals surface area (Å²) in [6.07, 6.45) is 1.49. The minimum Gasteiger partial charge on any atom is -0.496 e. The number of halogens is 1. The van der Waals surface area contributed by atoms with E-state index in [1.807, 2.05) is 36.1 Å². The number of aromatic nitrogens is 1. The summed E-state index contributed by atoms with van der Waals surface area (Å²) >= 11 is 0. The monoisotopic (exact) mass is 350 g/mol. The Labute approximate surface area is 151 Å². The third kappa shape index (κ3) is 2.69. The lowest BCUT2D eigenvalue weighted by Crippen LogP contribution is -2.23. The van der Waals surface area contributed by atoms with Crippen LogP contribution in [0.5, 0.6) is 5.75 Å². The highest BCUT2D eigenvalue weighted by Gasteiger charge is 2.22. The normalized spacial score (nSPS) is 14.3. The van der Waals surface area contributed by atoms with Crippen molar-refractivity contribution < 1.29 is 13.9 Å². The smallest absolute Gasteiger partial charge is 0.227 e. The molecule has 1 aliphatic rings. The summed E-state index contributed by atoms with van der Waals surface area (Å²) in [7, 11) is 1.52. The fourth-order valence-corrected chi connectivity index (χ4v) is 3.52. The Hall–Kier alpha value is -2.95. The number of ether oxygens (including phenoxy) is 1. The van der Waals surface area contributed by atoms with E-state index in [1.165, 1.54) is 13.2 Å². The van der Waals surface area contributed by atoms with Crippen molar-refractivity contribution in [3.63, 3.8) is 0 Å². The third-order valence-electron chi connectivity index (χ3n) is 4.84. The van der Waals surface area contributed by atoms with Crippen LogP contribution in [-0.4, -0.2) is 24.5 Å². The molecule has 0 N–H and O–H groups in total. The fourth-order valence-electron chi connectivity index (χ4n) is 3.52. The molecular formula is C21H19FN2O2. The van der Waals surface area contributed by atoms with E-state index in [4.69, 9.17) is 4.74 Å². The Morgan fingerprint density at radius 1 is 1.19 bits per heavy atom. The van der Waals surface area contributed by atoms with Crippen molar-refractivity contribution >= 4 is 22.5 Å². The fraction of sp³-hybridized carbons (Fsp3) is 0.238. The number of hydrogen-bond acceptors (Lipinski definition) is 3. The molecule has 1 aromatic heterocycles. The van der Waals surface area contributed by atoms with E-state index in [9.17, 15) is 9.18 Å². The third-order valence-corrected chi connectivity index (χ3v) is 4.84. The SMILES string of the molecule is COc1cccc(F)c1-c1cc(C)c2cc(N3CCCC3=O)ccc2n1. The van der Waals surface area contributed by atoms with Crippen LogP contribution in [0, 0.1) is 12.7 Å². The molecule has 1 saturated heterocycles. The van der Waals surface area contributed by atoms with Gasteiger partial charge in [0.15, 0.2) is 0 Å². The van der Waals surface area contributed by atoms with Gasteiger partial charge in [0.2, 0.25) is 5.91 Å². The summed E-state index contributed by atoms with van der Waals surface area (Å²) in [5.41, 5.74) is 3.53. The Kier molecular flexibility index (Phi) is 4.07. The molecule has 2 aromatic carbocycles. The molecule has 0 aliphatic carbocycles. The predicted octanol–water partition coefficient (Wildman–Crippen LogP) is 4.48. The van der Waals surface area contributed by atoms with E-state index in [0.717, 1.165) is 35.1 Å². The number of hydrogen-bond donors (Lipinski definition) is 0. The highest BCUT2D eigenvalue weighted by molar-refractivity contribution is 5.98. The van der Waals surface area contributed by atoms with Crippen molar-refractivity contribution in [1.82, 2.24) is 4.98 Å². The summed E-state index contributed by atoms with van der Waals surface area (Å²) in [4.78, 5) is 18.4. The van der Waals surface area contributed by atoms with Crippen LogP contribution < -0.4 is 9.64 Å².